The number of nitrogens with zero attached hydrogens (tertiary/aromatic N) is 4. The molecule has 0 aliphatic rings. The van der Waals surface area contributed by atoms with Crippen LogP contribution in [0.3, 0.4) is 0 Å². The highest BCUT2D eigenvalue weighted by atomic mass is 16.2. The Labute approximate surface area is 141 Å². The van der Waals surface area contributed by atoms with E-state index >= 15 is 0 Å². The maximum atomic E-state index is 12.5. The van der Waals surface area contributed by atoms with Crippen LogP contribution in [0.4, 0.5) is 0 Å². The van der Waals surface area contributed by atoms with E-state index in [0.29, 0.717) is 18.7 Å². The molecule has 2 heterocycles. The van der Waals surface area contributed by atoms with Gasteiger partial charge in [-0.1, -0.05) is 18.2 Å². The van der Waals surface area contributed by atoms with E-state index in [-0.39, 0.29) is 5.91 Å². The van der Waals surface area contributed by atoms with Gasteiger partial charge in [-0.3, -0.25) is 14.5 Å². The van der Waals surface area contributed by atoms with Gasteiger partial charge >= 0.3 is 0 Å². The van der Waals surface area contributed by atoms with E-state index in [1.165, 1.54) is 0 Å². The van der Waals surface area contributed by atoms with Gasteiger partial charge in [-0.05, 0) is 35.9 Å². The number of carbonyl (C=O) groups is 1. The van der Waals surface area contributed by atoms with E-state index in [1.807, 2.05) is 66.5 Å². The van der Waals surface area contributed by atoms with E-state index in [2.05, 4.69) is 10.1 Å². The molecule has 0 saturated heterocycles. The third-order valence-electron chi connectivity index (χ3n) is 3.88. The molecule has 0 atom stereocenters. The molecule has 0 bridgehead atoms. The first kappa shape index (κ1) is 15.9. The molecule has 0 N–H and O–H groups in total. The van der Waals surface area contributed by atoms with Gasteiger partial charge in [0.25, 0.3) is 5.91 Å². The third kappa shape index (κ3) is 4.07. The molecule has 0 aliphatic heterocycles. The van der Waals surface area contributed by atoms with Gasteiger partial charge < -0.3 is 4.90 Å². The van der Waals surface area contributed by atoms with Crippen LogP contribution in [-0.4, -0.2) is 39.2 Å². The molecule has 0 radical (unpaired) electrons. The summed E-state index contributed by atoms with van der Waals surface area (Å²) in [7, 11) is 1.82. The Balaban J connectivity index is 1.57. The number of benzene rings is 1. The second kappa shape index (κ2) is 7.55. The van der Waals surface area contributed by atoms with Crippen LogP contribution in [0.5, 0.6) is 0 Å². The standard InChI is InChI=1S/C19H20N4O/c1-22(14-10-18-5-2-3-11-20-18)19(24)17-8-6-16(7-9-17)15-23-13-4-12-21-23/h2-9,11-13H,10,14-15H2,1H3. The van der Waals surface area contributed by atoms with Crippen molar-refractivity contribution in [1.82, 2.24) is 19.7 Å². The summed E-state index contributed by atoms with van der Waals surface area (Å²) in [6.07, 6.45) is 6.20. The van der Waals surface area contributed by atoms with Crippen LogP contribution in [0.25, 0.3) is 0 Å². The summed E-state index contributed by atoms with van der Waals surface area (Å²) in [5.74, 6) is 0.0246. The number of aromatic nitrogens is 3. The van der Waals surface area contributed by atoms with Crippen LogP contribution in [0.2, 0.25) is 0 Å². The lowest BCUT2D eigenvalue weighted by molar-refractivity contribution is 0.0796. The molecule has 2 aromatic heterocycles. The molecule has 24 heavy (non-hydrogen) atoms. The summed E-state index contributed by atoms with van der Waals surface area (Å²) in [6, 6.07) is 15.4. The highest BCUT2D eigenvalue weighted by Gasteiger charge is 2.11. The highest BCUT2D eigenvalue weighted by molar-refractivity contribution is 5.94. The molecule has 122 valence electrons. The molecular weight excluding hydrogens is 300 g/mol. The summed E-state index contributed by atoms with van der Waals surface area (Å²) in [5.41, 5.74) is 2.81. The van der Waals surface area contributed by atoms with E-state index in [9.17, 15) is 4.79 Å². The lowest BCUT2D eigenvalue weighted by atomic mass is 10.1. The molecule has 1 aromatic carbocycles. The van der Waals surface area contributed by atoms with E-state index in [0.717, 1.165) is 17.7 Å². The van der Waals surface area contributed by atoms with E-state index in [1.54, 1.807) is 17.3 Å². The molecule has 0 spiro atoms. The summed E-state index contributed by atoms with van der Waals surface area (Å²) in [5, 5.41) is 4.19. The first-order chi connectivity index (χ1) is 11.7. The van der Waals surface area contributed by atoms with Crippen LogP contribution in [0.1, 0.15) is 21.6 Å². The third-order valence-corrected chi connectivity index (χ3v) is 3.88. The van der Waals surface area contributed by atoms with Crippen molar-refractivity contribution in [2.24, 2.45) is 0 Å². The average Bonchev–Trinajstić information content (AvgIpc) is 3.13. The van der Waals surface area contributed by atoms with Gasteiger partial charge in [0.05, 0.1) is 6.54 Å². The number of hydrogen-bond acceptors (Lipinski definition) is 3. The monoisotopic (exact) mass is 320 g/mol. The smallest absolute Gasteiger partial charge is 0.253 e. The molecule has 5 nitrogen and oxygen atoms in total. The van der Waals surface area contributed by atoms with Crippen molar-refractivity contribution in [2.75, 3.05) is 13.6 Å². The molecule has 0 unspecified atom stereocenters. The van der Waals surface area contributed by atoms with Crippen LogP contribution in [0, 0.1) is 0 Å². The zero-order valence-corrected chi connectivity index (χ0v) is 13.7. The highest BCUT2D eigenvalue weighted by Crippen LogP contribution is 2.09. The first-order valence-corrected chi connectivity index (χ1v) is 7.94. The topological polar surface area (TPSA) is 51.0 Å². The van der Waals surface area contributed by atoms with Gasteiger partial charge in [-0.15, -0.1) is 0 Å². The molecule has 5 heteroatoms. The number of rotatable bonds is 6. The predicted molar refractivity (Wildman–Crippen MR) is 92.7 cm³/mol. The molecule has 0 saturated carbocycles. The fourth-order valence-electron chi connectivity index (χ4n) is 2.48. The molecular formula is C19H20N4O. The molecule has 1 amide bonds. The molecule has 0 fully saturated rings. The van der Waals surface area contributed by atoms with Gasteiger partial charge in [0.1, 0.15) is 0 Å². The Morgan fingerprint density at radius 2 is 1.92 bits per heavy atom. The van der Waals surface area contributed by atoms with Gasteiger partial charge in [0.15, 0.2) is 0 Å². The van der Waals surface area contributed by atoms with Crippen LogP contribution in [0.15, 0.2) is 67.1 Å². The number of pyridine rings is 1. The van der Waals surface area contributed by atoms with Crippen molar-refractivity contribution < 1.29 is 4.79 Å². The van der Waals surface area contributed by atoms with Gasteiger partial charge in [0, 0.05) is 49.9 Å². The van der Waals surface area contributed by atoms with Gasteiger partial charge in [-0.2, -0.15) is 5.10 Å². The Morgan fingerprint density at radius 3 is 2.58 bits per heavy atom. The minimum absolute atomic E-state index is 0.0246. The van der Waals surface area contributed by atoms with Crippen molar-refractivity contribution in [3.8, 4) is 0 Å². The number of carbonyl (C=O) groups excluding carboxylic acids is 1. The van der Waals surface area contributed by atoms with Crippen molar-refractivity contribution in [2.45, 2.75) is 13.0 Å². The maximum absolute atomic E-state index is 12.5. The second-order valence-electron chi connectivity index (χ2n) is 5.70. The predicted octanol–water partition coefficient (Wildman–Crippen LogP) is 2.64. The Bertz CT molecular complexity index is 767. The lowest BCUT2D eigenvalue weighted by Gasteiger charge is -2.17. The Kier molecular flexibility index (Phi) is 5.01. The number of hydrogen-bond donors (Lipinski definition) is 0. The van der Waals surface area contributed by atoms with Crippen molar-refractivity contribution in [1.29, 1.82) is 0 Å². The minimum Gasteiger partial charge on any atom is -0.341 e. The first-order valence-electron chi connectivity index (χ1n) is 7.94. The lowest BCUT2D eigenvalue weighted by Crippen LogP contribution is -2.29. The van der Waals surface area contributed by atoms with Gasteiger partial charge in [0.2, 0.25) is 0 Å². The zero-order valence-electron chi connectivity index (χ0n) is 13.7. The summed E-state index contributed by atoms with van der Waals surface area (Å²) in [4.78, 5) is 18.5. The van der Waals surface area contributed by atoms with Crippen LogP contribution < -0.4 is 0 Å². The summed E-state index contributed by atoms with van der Waals surface area (Å²) >= 11 is 0. The van der Waals surface area contributed by atoms with Crippen molar-refractivity contribution >= 4 is 5.91 Å². The van der Waals surface area contributed by atoms with Crippen LogP contribution in [-0.2, 0) is 13.0 Å². The van der Waals surface area contributed by atoms with Crippen LogP contribution >= 0.6 is 0 Å². The quantitative estimate of drug-likeness (QED) is 0.701. The Morgan fingerprint density at radius 1 is 1.08 bits per heavy atom. The average molecular weight is 320 g/mol. The fraction of sp³-hybridized carbons (Fsp3) is 0.211. The summed E-state index contributed by atoms with van der Waals surface area (Å²) < 4.78 is 1.86. The second-order valence-corrected chi connectivity index (χ2v) is 5.70. The largest absolute Gasteiger partial charge is 0.341 e. The fourth-order valence-corrected chi connectivity index (χ4v) is 2.48. The summed E-state index contributed by atoms with van der Waals surface area (Å²) in [6.45, 7) is 1.35. The SMILES string of the molecule is CN(CCc1ccccn1)C(=O)c1ccc(Cn2cccn2)cc1. The molecule has 3 rings (SSSR count). The van der Waals surface area contributed by atoms with Crippen molar-refractivity contribution in [3.05, 3.63) is 83.9 Å². The number of amides is 1. The van der Waals surface area contributed by atoms with E-state index in [4.69, 9.17) is 0 Å². The normalized spacial score (nSPS) is 10.5. The van der Waals surface area contributed by atoms with Crippen molar-refractivity contribution in [3.63, 3.8) is 0 Å². The minimum atomic E-state index is 0.0246. The van der Waals surface area contributed by atoms with E-state index < -0.39 is 0 Å². The van der Waals surface area contributed by atoms with Gasteiger partial charge in [-0.25, -0.2) is 0 Å². The zero-order chi connectivity index (χ0) is 16.8. The molecule has 0 aliphatic carbocycles. The maximum Gasteiger partial charge on any atom is 0.253 e. The Hall–Kier alpha value is -2.95. The molecule has 3 aromatic rings. The number of likely N-dealkylation sites (N-methyl/N-ethyl adjacent to an activating group) is 1.